The second-order valence-corrected chi connectivity index (χ2v) is 4.34. The van der Waals surface area contributed by atoms with E-state index in [2.05, 4.69) is 10.3 Å². The Morgan fingerprint density at radius 3 is 3.13 bits per heavy atom. The van der Waals surface area contributed by atoms with Crippen LogP contribution in [0.5, 0.6) is 0 Å². The maximum atomic E-state index is 9.16. The number of benzene rings is 1. The van der Waals surface area contributed by atoms with E-state index in [0.717, 1.165) is 15.9 Å². The lowest BCUT2D eigenvalue weighted by Gasteiger charge is -2.10. The number of thiazole rings is 1. The monoisotopic (exact) mass is 223 g/mol. The molecular weight excluding hydrogens is 210 g/mol. The molecule has 4 nitrogen and oxygen atoms in total. The SMILES string of the molecule is CC(O)CNc1ccc2scnc2c1N. The maximum Gasteiger partial charge on any atom is 0.106 e. The van der Waals surface area contributed by atoms with E-state index in [0.29, 0.717) is 12.2 Å². The summed E-state index contributed by atoms with van der Waals surface area (Å²) in [6.07, 6.45) is -0.393. The van der Waals surface area contributed by atoms with Crippen LogP contribution >= 0.6 is 11.3 Å². The van der Waals surface area contributed by atoms with E-state index in [1.807, 2.05) is 12.1 Å². The molecule has 0 fully saturated rings. The predicted molar refractivity (Wildman–Crippen MR) is 64.2 cm³/mol. The van der Waals surface area contributed by atoms with Crippen LogP contribution < -0.4 is 11.1 Å². The molecule has 1 aromatic heterocycles. The number of nitrogens with two attached hydrogens (primary N) is 1. The third-order valence-corrected chi connectivity index (χ3v) is 2.92. The number of nitrogens with one attached hydrogen (secondary N) is 1. The van der Waals surface area contributed by atoms with Crippen molar-refractivity contribution in [1.82, 2.24) is 4.98 Å². The van der Waals surface area contributed by atoms with Crippen molar-refractivity contribution in [1.29, 1.82) is 0 Å². The quantitative estimate of drug-likeness (QED) is 0.692. The van der Waals surface area contributed by atoms with Crippen molar-refractivity contribution in [3.63, 3.8) is 0 Å². The molecule has 1 heterocycles. The number of aliphatic hydroxyl groups is 1. The number of hydrogen-bond acceptors (Lipinski definition) is 5. The van der Waals surface area contributed by atoms with E-state index in [4.69, 9.17) is 10.8 Å². The van der Waals surface area contributed by atoms with Crippen molar-refractivity contribution in [2.45, 2.75) is 13.0 Å². The molecule has 0 aliphatic carbocycles. The summed E-state index contributed by atoms with van der Waals surface area (Å²) in [6.45, 7) is 2.21. The fourth-order valence-corrected chi connectivity index (χ4v) is 2.06. The van der Waals surface area contributed by atoms with Crippen LogP contribution in [0.1, 0.15) is 6.92 Å². The highest BCUT2D eigenvalue weighted by Gasteiger charge is 2.06. The van der Waals surface area contributed by atoms with Crippen molar-refractivity contribution >= 4 is 32.9 Å². The average molecular weight is 223 g/mol. The maximum absolute atomic E-state index is 9.16. The zero-order chi connectivity index (χ0) is 10.8. The van der Waals surface area contributed by atoms with E-state index < -0.39 is 6.10 Å². The summed E-state index contributed by atoms with van der Waals surface area (Å²) in [7, 11) is 0. The molecule has 0 saturated heterocycles. The van der Waals surface area contributed by atoms with Gasteiger partial charge in [0.1, 0.15) is 5.52 Å². The first-order valence-electron chi connectivity index (χ1n) is 4.72. The highest BCUT2D eigenvalue weighted by molar-refractivity contribution is 7.16. The Kier molecular flexibility index (Phi) is 2.75. The second-order valence-electron chi connectivity index (χ2n) is 3.46. The lowest BCUT2D eigenvalue weighted by Crippen LogP contribution is -2.16. The summed E-state index contributed by atoms with van der Waals surface area (Å²) in [5.41, 5.74) is 10.0. The number of anilines is 2. The standard InChI is InChI=1S/C10H13N3OS/c1-6(14)4-12-7-2-3-8-10(9(7)11)13-5-15-8/h2-3,5-6,12,14H,4,11H2,1H3. The van der Waals surface area contributed by atoms with E-state index in [1.165, 1.54) is 0 Å². The van der Waals surface area contributed by atoms with Crippen LogP contribution in [-0.4, -0.2) is 22.7 Å². The predicted octanol–water partition coefficient (Wildman–Crippen LogP) is 1.67. The van der Waals surface area contributed by atoms with Crippen LogP contribution in [-0.2, 0) is 0 Å². The summed E-state index contributed by atoms with van der Waals surface area (Å²) in [4.78, 5) is 4.20. The topological polar surface area (TPSA) is 71.2 Å². The third-order valence-electron chi connectivity index (χ3n) is 2.13. The van der Waals surface area contributed by atoms with E-state index in [1.54, 1.807) is 23.8 Å². The van der Waals surface area contributed by atoms with Crippen molar-refractivity contribution in [2.24, 2.45) is 0 Å². The molecule has 0 radical (unpaired) electrons. The van der Waals surface area contributed by atoms with Crippen molar-refractivity contribution < 1.29 is 5.11 Å². The summed E-state index contributed by atoms with van der Waals surface area (Å²) < 4.78 is 1.08. The van der Waals surface area contributed by atoms with E-state index in [9.17, 15) is 0 Å². The average Bonchev–Trinajstić information content (AvgIpc) is 2.65. The molecule has 1 aromatic carbocycles. The fourth-order valence-electron chi connectivity index (χ4n) is 1.36. The molecule has 0 bridgehead atoms. The number of hydrogen-bond donors (Lipinski definition) is 3. The van der Waals surface area contributed by atoms with Gasteiger partial charge in [-0.05, 0) is 19.1 Å². The number of nitrogen functional groups attached to an aromatic ring is 1. The molecular formula is C10H13N3OS. The summed E-state index contributed by atoms with van der Waals surface area (Å²) in [5, 5.41) is 12.2. The Labute approximate surface area is 91.8 Å². The molecule has 0 aliphatic heterocycles. The van der Waals surface area contributed by atoms with Gasteiger partial charge in [0, 0.05) is 6.54 Å². The molecule has 5 heteroatoms. The van der Waals surface area contributed by atoms with Crippen LogP contribution in [0.4, 0.5) is 11.4 Å². The Bertz CT molecular complexity index is 467. The van der Waals surface area contributed by atoms with Crippen molar-refractivity contribution in [3.05, 3.63) is 17.6 Å². The van der Waals surface area contributed by atoms with Crippen LogP contribution in [0.3, 0.4) is 0 Å². The Hall–Kier alpha value is -1.33. The normalized spacial score (nSPS) is 12.9. The fraction of sp³-hybridized carbons (Fsp3) is 0.300. The van der Waals surface area contributed by atoms with Gasteiger partial charge in [-0.1, -0.05) is 0 Å². The smallest absolute Gasteiger partial charge is 0.106 e. The Balaban J connectivity index is 2.31. The minimum atomic E-state index is -0.393. The number of nitrogens with zero attached hydrogens (tertiary/aromatic N) is 1. The van der Waals surface area contributed by atoms with Crippen LogP contribution in [0.15, 0.2) is 17.6 Å². The van der Waals surface area contributed by atoms with Gasteiger partial charge in [-0.25, -0.2) is 4.98 Å². The van der Waals surface area contributed by atoms with E-state index in [-0.39, 0.29) is 0 Å². The molecule has 0 amide bonds. The van der Waals surface area contributed by atoms with Gasteiger partial charge >= 0.3 is 0 Å². The molecule has 2 rings (SSSR count). The molecule has 0 spiro atoms. The Morgan fingerprint density at radius 1 is 1.60 bits per heavy atom. The van der Waals surface area contributed by atoms with Crippen LogP contribution in [0.25, 0.3) is 10.2 Å². The van der Waals surface area contributed by atoms with Crippen LogP contribution in [0.2, 0.25) is 0 Å². The van der Waals surface area contributed by atoms with Gasteiger partial charge in [-0.2, -0.15) is 0 Å². The largest absolute Gasteiger partial charge is 0.395 e. The molecule has 1 unspecified atom stereocenters. The Morgan fingerprint density at radius 2 is 2.40 bits per heavy atom. The number of aromatic nitrogens is 1. The van der Waals surface area contributed by atoms with Crippen LogP contribution in [0, 0.1) is 0 Å². The molecule has 1 atom stereocenters. The molecule has 80 valence electrons. The molecule has 2 aromatic rings. The van der Waals surface area contributed by atoms with Gasteiger partial charge in [0.25, 0.3) is 0 Å². The first kappa shape index (κ1) is 10.2. The second kappa shape index (κ2) is 4.04. The van der Waals surface area contributed by atoms with Crippen molar-refractivity contribution in [3.8, 4) is 0 Å². The highest BCUT2D eigenvalue weighted by Crippen LogP contribution is 2.29. The first-order valence-corrected chi connectivity index (χ1v) is 5.60. The van der Waals surface area contributed by atoms with Gasteiger partial charge in [0.05, 0.1) is 27.7 Å². The first-order chi connectivity index (χ1) is 7.18. The minimum absolute atomic E-state index is 0.393. The summed E-state index contributed by atoms with van der Waals surface area (Å²) in [5.74, 6) is 0. The lowest BCUT2D eigenvalue weighted by atomic mass is 10.2. The van der Waals surface area contributed by atoms with Gasteiger partial charge in [0.2, 0.25) is 0 Å². The minimum Gasteiger partial charge on any atom is -0.395 e. The van der Waals surface area contributed by atoms with E-state index >= 15 is 0 Å². The zero-order valence-electron chi connectivity index (χ0n) is 8.40. The third kappa shape index (κ3) is 2.03. The summed E-state index contributed by atoms with van der Waals surface area (Å²) >= 11 is 1.57. The van der Waals surface area contributed by atoms with Gasteiger partial charge < -0.3 is 16.2 Å². The molecule has 15 heavy (non-hydrogen) atoms. The molecule has 0 saturated carbocycles. The number of fused-ring (bicyclic) bond motifs is 1. The number of aliphatic hydroxyl groups excluding tert-OH is 1. The molecule has 0 aliphatic rings. The lowest BCUT2D eigenvalue weighted by molar-refractivity contribution is 0.208. The van der Waals surface area contributed by atoms with Gasteiger partial charge in [-0.15, -0.1) is 11.3 Å². The highest BCUT2D eigenvalue weighted by atomic mass is 32.1. The zero-order valence-corrected chi connectivity index (χ0v) is 9.21. The van der Waals surface area contributed by atoms with Gasteiger partial charge in [-0.3, -0.25) is 0 Å². The summed E-state index contributed by atoms with van der Waals surface area (Å²) in [6, 6.07) is 3.89. The van der Waals surface area contributed by atoms with Crippen molar-refractivity contribution in [2.75, 3.05) is 17.6 Å². The molecule has 4 N–H and O–H groups in total. The number of rotatable bonds is 3. The van der Waals surface area contributed by atoms with Gasteiger partial charge in [0.15, 0.2) is 0 Å².